The topological polar surface area (TPSA) is 84.7 Å². The van der Waals surface area contributed by atoms with Crippen LogP contribution in [-0.4, -0.2) is 48.5 Å². The van der Waals surface area contributed by atoms with E-state index in [1.807, 2.05) is 29.2 Å². The van der Waals surface area contributed by atoms with E-state index < -0.39 is 6.10 Å². The summed E-state index contributed by atoms with van der Waals surface area (Å²) in [5.74, 6) is 0.220. The van der Waals surface area contributed by atoms with Gasteiger partial charge in [0.1, 0.15) is 5.75 Å². The van der Waals surface area contributed by atoms with Crippen LogP contribution < -0.4 is 15.8 Å². The van der Waals surface area contributed by atoms with Gasteiger partial charge in [0, 0.05) is 23.6 Å². The summed E-state index contributed by atoms with van der Waals surface area (Å²) in [6.45, 7) is 3.54. The molecule has 2 rings (SSSR count). The SMILES string of the molecule is CC(Oc1ccc(Br)cc1)C(=O)NC1CCN(CC(N)=O)CC1. The van der Waals surface area contributed by atoms with Crippen molar-refractivity contribution in [1.82, 2.24) is 10.2 Å². The third kappa shape index (κ3) is 5.84. The van der Waals surface area contributed by atoms with Crippen molar-refractivity contribution >= 4 is 27.7 Å². The van der Waals surface area contributed by atoms with Crippen LogP contribution in [0.5, 0.6) is 5.75 Å². The molecule has 0 saturated carbocycles. The highest BCUT2D eigenvalue weighted by Crippen LogP contribution is 2.17. The van der Waals surface area contributed by atoms with Crippen molar-refractivity contribution in [3.05, 3.63) is 28.7 Å². The highest BCUT2D eigenvalue weighted by Gasteiger charge is 2.24. The summed E-state index contributed by atoms with van der Waals surface area (Å²) in [5.41, 5.74) is 5.19. The van der Waals surface area contributed by atoms with Gasteiger partial charge in [0.25, 0.3) is 5.91 Å². The molecule has 0 aromatic heterocycles. The maximum absolute atomic E-state index is 12.2. The third-order valence-electron chi connectivity index (χ3n) is 3.81. The number of ether oxygens (including phenoxy) is 1. The van der Waals surface area contributed by atoms with E-state index in [9.17, 15) is 9.59 Å². The number of carbonyl (C=O) groups is 2. The molecule has 0 radical (unpaired) electrons. The van der Waals surface area contributed by atoms with E-state index in [-0.39, 0.29) is 24.4 Å². The van der Waals surface area contributed by atoms with Crippen LogP contribution >= 0.6 is 15.9 Å². The van der Waals surface area contributed by atoms with Crippen LogP contribution in [-0.2, 0) is 9.59 Å². The average molecular weight is 384 g/mol. The first-order chi connectivity index (χ1) is 10.9. The number of benzene rings is 1. The minimum absolute atomic E-state index is 0.114. The number of nitrogens with two attached hydrogens (primary N) is 1. The fraction of sp³-hybridized carbons (Fsp3) is 0.500. The largest absolute Gasteiger partial charge is 0.481 e. The Balaban J connectivity index is 1.76. The Morgan fingerprint density at radius 3 is 2.52 bits per heavy atom. The maximum atomic E-state index is 12.2. The first-order valence-electron chi connectivity index (χ1n) is 7.67. The van der Waals surface area contributed by atoms with E-state index in [2.05, 4.69) is 21.2 Å². The van der Waals surface area contributed by atoms with Crippen molar-refractivity contribution in [1.29, 1.82) is 0 Å². The second-order valence-corrected chi connectivity index (χ2v) is 6.65. The molecule has 1 fully saturated rings. The number of carbonyl (C=O) groups excluding carboxylic acids is 2. The van der Waals surface area contributed by atoms with Gasteiger partial charge in [-0.2, -0.15) is 0 Å². The Bertz CT molecular complexity index is 542. The molecule has 6 nitrogen and oxygen atoms in total. The zero-order chi connectivity index (χ0) is 16.8. The fourth-order valence-corrected chi connectivity index (χ4v) is 2.81. The second-order valence-electron chi connectivity index (χ2n) is 5.74. The van der Waals surface area contributed by atoms with Crippen LogP contribution in [0.3, 0.4) is 0 Å². The van der Waals surface area contributed by atoms with Gasteiger partial charge in [-0.1, -0.05) is 15.9 Å². The number of nitrogens with one attached hydrogen (secondary N) is 1. The molecule has 0 spiro atoms. The molecule has 1 aliphatic heterocycles. The van der Waals surface area contributed by atoms with Crippen molar-refractivity contribution in [3.8, 4) is 5.75 Å². The number of nitrogens with zero attached hydrogens (tertiary/aromatic N) is 1. The molecule has 1 unspecified atom stereocenters. The van der Waals surface area contributed by atoms with Crippen LogP contribution in [0, 0.1) is 0 Å². The molecular formula is C16H22BrN3O3. The van der Waals surface area contributed by atoms with Gasteiger partial charge in [-0.15, -0.1) is 0 Å². The van der Waals surface area contributed by atoms with Crippen LogP contribution in [0.15, 0.2) is 28.7 Å². The van der Waals surface area contributed by atoms with Crippen molar-refractivity contribution in [2.24, 2.45) is 5.73 Å². The predicted molar refractivity (Wildman–Crippen MR) is 91.0 cm³/mol. The minimum Gasteiger partial charge on any atom is -0.481 e. The molecule has 1 atom stereocenters. The molecule has 1 heterocycles. The van der Waals surface area contributed by atoms with Gasteiger partial charge in [-0.3, -0.25) is 14.5 Å². The summed E-state index contributed by atoms with van der Waals surface area (Å²) in [7, 11) is 0. The number of primary amides is 1. The van der Waals surface area contributed by atoms with Gasteiger partial charge in [0.05, 0.1) is 6.54 Å². The van der Waals surface area contributed by atoms with Crippen molar-refractivity contribution in [3.63, 3.8) is 0 Å². The Kier molecular flexibility index (Phi) is 6.41. The summed E-state index contributed by atoms with van der Waals surface area (Å²) in [6, 6.07) is 7.48. The quantitative estimate of drug-likeness (QED) is 0.774. The molecule has 1 aliphatic rings. The first-order valence-corrected chi connectivity index (χ1v) is 8.46. The van der Waals surface area contributed by atoms with Crippen LogP contribution in [0.4, 0.5) is 0 Å². The number of halogens is 1. The Labute approximate surface area is 144 Å². The summed E-state index contributed by atoms with van der Waals surface area (Å²) in [6.07, 6.45) is 1.06. The van der Waals surface area contributed by atoms with Gasteiger partial charge < -0.3 is 15.8 Å². The van der Waals surface area contributed by atoms with E-state index in [1.54, 1.807) is 6.92 Å². The van der Waals surface area contributed by atoms with E-state index in [0.717, 1.165) is 30.4 Å². The zero-order valence-corrected chi connectivity index (χ0v) is 14.7. The van der Waals surface area contributed by atoms with Gasteiger partial charge in [-0.05, 0) is 44.0 Å². The molecule has 2 amide bonds. The lowest BCUT2D eigenvalue weighted by Gasteiger charge is -2.32. The summed E-state index contributed by atoms with van der Waals surface area (Å²) in [4.78, 5) is 25.1. The van der Waals surface area contributed by atoms with Gasteiger partial charge in [0.2, 0.25) is 5.91 Å². The van der Waals surface area contributed by atoms with Crippen molar-refractivity contribution in [2.45, 2.75) is 31.9 Å². The van der Waals surface area contributed by atoms with Gasteiger partial charge in [0.15, 0.2) is 6.10 Å². The molecule has 1 aromatic carbocycles. The lowest BCUT2D eigenvalue weighted by atomic mass is 10.0. The van der Waals surface area contributed by atoms with Crippen molar-refractivity contribution in [2.75, 3.05) is 19.6 Å². The molecule has 3 N–H and O–H groups in total. The molecular weight excluding hydrogens is 362 g/mol. The Hall–Kier alpha value is -1.60. The van der Waals surface area contributed by atoms with E-state index >= 15 is 0 Å². The molecule has 23 heavy (non-hydrogen) atoms. The highest BCUT2D eigenvalue weighted by atomic mass is 79.9. The summed E-state index contributed by atoms with van der Waals surface area (Å²) < 4.78 is 6.60. The van der Waals surface area contributed by atoms with Crippen LogP contribution in [0.2, 0.25) is 0 Å². The van der Waals surface area contributed by atoms with E-state index in [0.29, 0.717) is 5.75 Å². The monoisotopic (exact) mass is 383 g/mol. The molecule has 1 saturated heterocycles. The highest BCUT2D eigenvalue weighted by molar-refractivity contribution is 9.10. The fourth-order valence-electron chi connectivity index (χ4n) is 2.55. The molecule has 126 valence electrons. The molecule has 0 aliphatic carbocycles. The normalized spacial score (nSPS) is 17.5. The second kappa shape index (κ2) is 8.31. The van der Waals surface area contributed by atoms with Gasteiger partial charge >= 0.3 is 0 Å². The van der Waals surface area contributed by atoms with Crippen LogP contribution in [0.25, 0.3) is 0 Å². The Morgan fingerprint density at radius 2 is 1.96 bits per heavy atom. The number of piperidine rings is 1. The van der Waals surface area contributed by atoms with E-state index in [4.69, 9.17) is 10.5 Å². The number of amides is 2. The maximum Gasteiger partial charge on any atom is 0.260 e. The summed E-state index contributed by atoms with van der Waals surface area (Å²) >= 11 is 3.36. The lowest BCUT2D eigenvalue weighted by molar-refractivity contribution is -0.128. The van der Waals surface area contributed by atoms with E-state index in [1.165, 1.54) is 0 Å². The van der Waals surface area contributed by atoms with Gasteiger partial charge in [-0.25, -0.2) is 0 Å². The first kappa shape index (κ1) is 17.7. The van der Waals surface area contributed by atoms with Crippen LogP contribution in [0.1, 0.15) is 19.8 Å². The average Bonchev–Trinajstić information content (AvgIpc) is 2.51. The number of hydrogen-bond donors (Lipinski definition) is 2. The molecule has 1 aromatic rings. The smallest absolute Gasteiger partial charge is 0.260 e. The minimum atomic E-state index is -0.556. The number of likely N-dealkylation sites (tertiary alicyclic amines) is 1. The lowest BCUT2D eigenvalue weighted by Crippen LogP contribution is -2.49. The molecule has 7 heteroatoms. The zero-order valence-electron chi connectivity index (χ0n) is 13.1. The molecule has 0 bridgehead atoms. The Morgan fingerprint density at radius 1 is 1.35 bits per heavy atom. The summed E-state index contributed by atoms with van der Waals surface area (Å²) in [5, 5.41) is 3.01. The number of rotatable bonds is 6. The predicted octanol–water partition coefficient (Wildman–Crippen LogP) is 1.28. The number of hydrogen-bond acceptors (Lipinski definition) is 4. The third-order valence-corrected chi connectivity index (χ3v) is 4.34. The van der Waals surface area contributed by atoms with Crippen molar-refractivity contribution < 1.29 is 14.3 Å². The standard InChI is InChI=1S/C16H22BrN3O3/c1-11(23-14-4-2-12(17)3-5-14)16(22)19-13-6-8-20(9-7-13)10-15(18)21/h2-5,11,13H,6-10H2,1H3,(H2,18,21)(H,19,22).